The van der Waals surface area contributed by atoms with Crippen molar-refractivity contribution in [3.05, 3.63) is 40.5 Å². The van der Waals surface area contributed by atoms with Gasteiger partial charge in [-0.3, -0.25) is 9.89 Å². The van der Waals surface area contributed by atoms with Gasteiger partial charge in [-0.15, -0.1) is 12.4 Å². The van der Waals surface area contributed by atoms with Crippen LogP contribution >= 0.6 is 28.3 Å². The minimum absolute atomic E-state index is 0. The average molecular weight is 374 g/mol. The van der Waals surface area contributed by atoms with Gasteiger partial charge in [0.05, 0.1) is 4.47 Å². The third kappa shape index (κ3) is 4.56. The molecular weight excluding hydrogens is 356 g/mol. The van der Waals surface area contributed by atoms with Gasteiger partial charge in [0.25, 0.3) is 5.91 Å². The Morgan fingerprint density at radius 3 is 2.67 bits per heavy atom. The first-order chi connectivity index (χ1) is 9.74. The van der Waals surface area contributed by atoms with E-state index in [-0.39, 0.29) is 18.3 Å². The van der Waals surface area contributed by atoms with Gasteiger partial charge in [-0.1, -0.05) is 30.3 Å². The topological polar surface area (TPSA) is 83.8 Å². The molecule has 0 fully saturated rings. The van der Waals surface area contributed by atoms with Gasteiger partial charge in [0.15, 0.2) is 0 Å². The number of benzene rings is 1. The standard InChI is InChI=1S/C14H17BrN4O.ClH/c15-11-12(10-6-2-1-3-7-10)18-19-13(11)14(20)17-9-5-4-8-16;/h1-3,6-7H,4-5,8-9,16H2,(H,17,20)(H,18,19);1H. The zero-order chi connectivity index (χ0) is 14.4. The zero-order valence-corrected chi connectivity index (χ0v) is 13.8. The number of nitrogens with one attached hydrogen (secondary N) is 2. The van der Waals surface area contributed by atoms with Crippen LogP contribution in [0.25, 0.3) is 11.3 Å². The number of hydrogen-bond acceptors (Lipinski definition) is 3. The van der Waals surface area contributed by atoms with Crippen LogP contribution in [0, 0.1) is 0 Å². The highest BCUT2D eigenvalue weighted by Gasteiger charge is 2.17. The van der Waals surface area contributed by atoms with Crippen molar-refractivity contribution >= 4 is 34.2 Å². The molecule has 0 aliphatic heterocycles. The monoisotopic (exact) mass is 372 g/mol. The lowest BCUT2D eigenvalue weighted by atomic mass is 10.1. The highest BCUT2D eigenvalue weighted by Crippen LogP contribution is 2.28. The Morgan fingerprint density at radius 2 is 2.00 bits per heavy atom. The van der Waals surface area contributed by atoms with E-state index >= 15 is 0 Å². The number of amides is 1. The minimum atomic E-state index is -0.163. The van der Waals surface area contributed by atoms with E-state index in [0.717, 1.165) is 24.1 Å². The van der Waals surface area contributed by atoms with Gasteiger partial charge in [0.1, 0.15) is 11.4 Å². The van der Waals surface area contributed by atoms with Gasteiger partial charge in [-0.2, -0.15) is 5.10 Å². The molecule has 0 aliphatic rings. The van der Waals surface area contributed by atoms with Crippen molar-refractivity contribution in [3.8, 4) is 11.3 Å². The molecule has 4 N–H and O–H groups in total. The molecule has 5 nitrogen and oxygen atoms in total. The summed E-state index contributed by atoms with van der Waals surface area (Å²) in [5.74, 6) is -0.163. The van der Waals surface area contributed by atoms with Gasteiger partial charge in [-0.25, -0.2) is 0 Å². The van der Waals surface area contributed by atoms with Crippen molar-refractivity contribution in [2.75, 3.05) is 13.1 Å². The van der Waals surface area contributed by atoms with Gasteiger partial charge in [0.2, 0.25) is 0 Å². The summed E-state index contributed by atoms with van der Waals surface area (Å²) < 4.78 is 0.681. The van der Waals surface area contributed by atoms with Gasteiger partial charge in [-0.05, 0) is 35.3 Å². The first-order valence-electron chi connectivity index (χ1n) is 6.51. The van der Waals surface area contributed by atoms with Gasteiger partial charge in [0, 0.05) is 12.1 Å². The molecule has 0 spiro atoms. The summed E-state index contributed by atoms with van der Waals surface area (Å²) in [5.41, 5.74) is 7.54. The van der Waals surface area contributed by atoms with E-state index in [9.17, 15) is 4.79 Å². The molecule has 1 aromatic carbocycles. The van der Waals surface area contributed by atoms with Crippen LogP contribution in [0.1, 0.15) is 23.3 Å². The SMILES string of the molecule is Cl.NCCCCNC(=O)c1[nH]nc(-c2ccccc2)c1Br. The van der Waals surface area contributed by atoms with Crippen molar-refractivity contribution in [2.24, 2.45) is 5.73 Å². The van der Waals surface area contributed by atoms with Crippen LogP contribution in [0.15, 0.2) is 34.8 Å². The number of halogens is 2. The highest BCUT2D eigenvalue weighted by molar-refractivity contribution is 9.10. The summed E-state index contributed by atoms with van der Waals surface area (Å²) in [6, 6.07) is 9.70. The van der Waals surface area contributed by atoms with E-state index in [2.05, 4.69) is 31.4 Å². The molecule has 1 amide bonds. The molecule has 2 aromatic rings. The smallest absolute Gasteiger partial charge is 0.270 e. The first kappa shape index (κ1) is 17.7. The van der Waals surface area contributed by atoms with E-state index in [4.69, 9.17) is 5.73 Å². The molecule has 0 saturated heterocycles. The van der Waals surface area contributed by atoms with Crippen LogP contribution in [0.4, 0.5) is 0 Å². The van der Waals surface area contributed by atoms with Crippen LogP contribution in [0.3, 0.4) is 0 Å². The van der Waals surface area contributed by atoms with E-state index in [1.807, 2.05) is 30.3 Å². The second kappa shape index (κ2) is 8.81. The molecular formula is C14H18BrClN4O. The van der Waals surface area contributed by atoms with Crippen molar-refractivity contribution in [3.63, 3.8) is 0 Å². The fourth-order valence-corrected chi connectivity index (χ4v) is 2.41. The van der Waals surface area contributed by atoms with Crippen LogP contribution in [-0.4, -0.2) is 29.2 Å². The van der Waals surface area contributed by atoms with E-state index in [1.54, 1.807) is 0 Å². The Morgan fingerprint density at radius 1 is 1.29 bits per heavy atom. The van der Waals surface area contributed by atoms with E-state index in [1.165, 1.54) is 0 Å². The third-order valence-electron chi connectivity index (χ3n) is 2.90. The van der Waals surface area contributed by atoms with Crippen molar-refractivity contribution in [1.29, 1.82) is 0 Å². The van der Waals surface area contributed by atoms with E-state index < -0.39 is 0 Å². The summed E-state index contributed by atoms with van der Waals surface area (Å²) >= 11 is 3.44. The Labute approximate surface area is 138 Å². The molecule has 1 aromatic heterocycles. The van der Waals surface area contributed by atoms with Crippen molar-refractivity contribution < 1.29 is 4.79 Å². The lowest BCUT2D eigenvalue weighted by molar-refractivity contribution is 0.0947. The highest BCUT2D eigenvalue weighted by atomic mass is 79.9. The zero-order valence-electron chi connectivity index (χ0n) is 11.4. The van der Waals surface area contributed by atoms with Gasteiger partial charge < -0.3 is 11.1 Å². The summed E-state index contributed by atoms with van der Waals surface area (Å²) in [5, 5.41) is 9.82. The molecule has 0 atom stereocenters. The average Bonchev–Trinajstić information content (AvgIpc) is 2.86. The van der Waals surface area contributed by atoms with Crippen LogP contribution < -0.4 is 11.1 Å². The van der Waals surface area contributed by atoms with Crippen LogP contribution in [-0.2, 0) is 0 Å². The second-order valence-corrected chi connectivity index (χ2v) is 5.17. The van der Waals surface area contributed by atoms with Gasteiger partial charge >= 0.3 is 0 Å². The molecule has 0 bridgehead atoms. The summed E-state index contributed by atoms with van der Waals surface area (Å²) in [6.07, 6.45) is 1.78. The maximum Gasteiger partial charge on any atom is 0.270 e. The number of carbonyl (C=O) groups excluding carboxylic acids is 1. The number of unbranched alkanes of at least 4 members (excludes halogenated alkanes) is 1. The van der Waals surface area contributed by atoms with Crippen molar-refractivity contribution in [1.82, 2.24) is 15.5 Å². The Kier molecular flexibility index (Phi) is 7.42. The molecule has 2 rings (SSSR count). The van der Waals surface area contributed by atoms with Crippen LogP contribution in [0.2, 0.25) is 0 Å². The van der Waals surface area contributed by atoms with Crippen LogP contribution in [0.5, 0.6) is 0 Å². The number of hydrogen-bond donors (Lipinski definition) is 3. The molecule has 0 radical (unpaired) electrons. The Hall–Kier alpha value is -1.37. The number of nitrogens with zero attached hydrogens (tertiary/aromatic N) is 1. The Bertz CT molecular complexity index is 574. The summed E-state index contributed by atoms with van der Waals surface area (Å²) in [6.45, 7) is 1.25. The number of H-pyrrole nitrogens is 1. The third-order valence-corrected chi connectivity index (χ3v) is 3.67. The molecule has 21 heavy (non-hydrogen) atoms. The fraction of sp³-hybridized carbons (Fsp3) is 0.286. The lowest BCUT2D eigenvalue weighted by Crippen LogP contribution is -2.25. The molecule has 114 valence electrons. The quantitative estimate of drug-likeness (QED) is 0.681. The largest absolute Gasteiger partial charge is 0.351 e. The fourth-order valence-electron chi connectivity index (χ4n) is 1.83. The summed E-state index contributed by atoms with van der Waals surface area (Å²) in [4.78, 5) is 12.0. The first-order valence-corrected chi connectivity index (χ1v) is 7.31. The number of carbonyl (C=O) groups is 1. The second-order valence-electron chi connectivity index (χ2n) is 4.38. The number of aromatic amines is 1. The summed E-state index contributed by atoms with van der Waals surface area (Å²) in [7, 11) is 0. The van der Waals surface area contributed by atoms with Crippen molar-refractivity contribution in [2.45, 2.75) is 12.8 Å². The normalized spacial score (nSPS) is 10.0. The lowest BCUT2D eigenvalue weighted by Gasteiger charge is -2.03. The molecule has 7 heteroatoms. The molecule has 1 heterocycles. The van der Waals surface area contributed by atoms with E-state index in [0.29, 0.717) is 23.3 Å². The molecule has 0 saturated carbocycles. The number of nitrogens with two attached hydrogens (primary N) is 1. The predicted octanol–water partition coefficient (Wildman–Crippen LogP) is 2.73. The molecule has 0 aliphatic carbocycles. The number of rotatable bonds is 6. The molecule has 0 unspecified atom stereocenters. The Balaban J connectivity index is 0.00000220. The predicted molar refractivity (Wildman–Crippen MR) is 89.6 cm³/mol. The number of aromatic nitrogens is 2. The maximum absolute atomic E-state index is 12.0. The minimum Gasteiger partial charge on any atom is -0.351 e. The maximum atomic E-state index is 12.0.